The molecule has 0 fully saturated rings. The standard InChI is InChI=1S/C64H38N4O2/c1-3-15-41(16-4-1)57-58-50-22-7-10-26-53(50)65-60(52(58)38-56-59(57)51-23-9-12-28-55(51)69-56)46-20-13-19-45(37-46)39-29-33-43(34-30-39)63-66-62(42-17-5-2-6-18-42)67-64(68-63)44-35-31-40(32-36-44)47-24-14-25-49-48-21-8-11-27-54(48)70-61(47)49/h1-38H. The predicted octanol–water partition coefficient (Wildman–Crippen LogP) is 17.0. The second kappa shape index (κ2) is 16.1. The maximum absolute atomic E-state index is 6.63. The third kappa shape index (κ3) is 6.57. The summed E-state index contributed by atoms with van der Waals surface area (Å²) in [5, 5.41) is 7.71. The van der Waals surface area contributed by atoms with Gasteiger partial charge in [0.25, 0.3) is 0 Å². The van der Waals surface area contributed by atoms with Crippen molar-refractivity contribution in [3.8, 4) is 78.8 Å². The summed E-state index contributed by atoms with van der Waals surface area (Å²) in [6.07, 6.45) is 0. The van der Waals surface area contributed by atoms with E-state index in [0.717, 1.165) is 127 Å². The highest BCUT2D eigenvalue weighted by Gasteiger charge is 2.22. The molecular weight excluding hydrogens is 857 g/mol. The molecule has 14 aromatic rings. The molecule has 0 radical (unpaired) electrons. The van der Waals surface area contributed by atoms with Gasteiger partial charge in [-0.2, -0.15) is 0 Å². The second-order valence-electron chi connectivity index (χ2n) is 17.7. The lowest BCUT2D eigenvalue weighted by Crippen LogP contribution is -2.00. The number of hydrogen-bond acceptors (Lipinski definition) is 6. The average molecular weight is 895 g/mol. The number of rotatable bonds is 7. The van der Waals surface area contributed by atoms with Crippen molar-refractivity contribution < 1.29 is 8.83 Å². The zero-order valence-corrected chi connectivity index (χ0v) is 37.5. The Balaban J connectivity index is 0.853. The zero-order valence-electron chi connectivity index (χ0n) is 37.5. The molecule has 0 aliphatic carbocycles. The number of pyridine rings is 1. The van der Waals surface area contributed by atoms with Gasteiger partial charge in [-0.05, 0) is 52.6 Å². The molecule has 0 bridgehead atoms. The molecule has 0 amide bonds. The highest BCUT2D eigenvalue weighted by Crippen LogP contribution is 2.46. The van der Waals surface area contributed by atoms with Crippen molar-refractivity contribution in [2.75, 3.05) is 0 Å². The molecule has 0 saturated carbocycles. The largest absolute Gasteiger partial charge is 0.456 e. The van der Waals surface area contributed by atoms with Gasteiger partial charge in [0.2, 0.25) is 0 Å². The quantitative estimate of drug-likeness (QED) is 0.148. The first-order chi connectivity index (χ1) is 34.7. The van der Waals surface area contributed by atoms with E-state index in [0.29, 0.717) is 17.5 Å². The smallest absolute Gasteiger partial charge is 0.164 e. The Morgan fingerprint density at radius 1 is 0.271 bits per heavy atom. The minimum absolute atomic E-state index is 0.596. The molecule has 0 N–H and O–H groups in total. The number of fused-ring (bicyclic) bond motifs is 9. The van der Waals surface area contributed by atoms with E-state index in [2.05, 4.69) is 170 Å². The van der Waals surface area contributed by atoms with E-state index in [9.17, 15) is 0 Å². The van der Waals surface area contributed by atoms with Crippen molar-refractivity contribution in [2.24, 2.45) is 0 Å². The zero-order chi connectivity index (χ0) is 46.1. The summed E-state index contributed by atoms with van der Waals surface area (Å²) in [4.78, 5) is 20.6. The van der Waals surface area contributed by atoms with Crippen LogP contribution >= 0.6 is 0 Å². The summed E-state index contributed by atoms with van der Waals surface area (Å²) >= 11 is 0. The highest BCUT2D eigenvalue weighted by atomic mass is 16.3. The van der Waals surface area contributed by atoms with Crippen molar-refractivity contribution in [3.63, 3.8) is 0 Å². The first kappa shape index (κ1) is 39.6. The van der Waals surface area contributed by atoms with Gasteiger partial charge < -0.3 is 8.83 Å². The summed E-state index contributed by atoms with van der Waals surface area (Å²) in [6, 6.07) is 79.8. The molecule has 0 unspecified atom stereocenters. The van der Waals surface area contributed by atoms with Gasteiger partial charge in [-0.3, -0.25) is 0 Å². The van der Waals surface area contributed by atoms with E-state index in [-0.39, 0.29) is 0 Å². The van der Waals surface area contributed by atoms with Crippen LogP contribution in [-0.4, -0.2) is 19.9 Å². The van der Waals surface area contributed by atoms with Crippen molar-refractivity contribution in [1.82, 2.24) is 19.9 Å². The van der Waals surface area contributed by atoms with E-state index in [4.69, 9.17) is 28.8 Å². The summed E-state index contributed by atoms with van der Waals surface area (Å²) in [5.74, 6) is 1.80. The molecule has 70 heavy (non-hydrogen) atoms. The van der Waals surface area contributed by atoms with Crippen LogP contribution in [0, 0.1) is 0 Å². The topological polar surface area (TPSA) is 77.8 Å². The van der Waals surface area contributed by atoms with Crippen LogP contribution < -0.4 is 0 Å². The Labute approximate surface area is 401 Å². The summed E-state index contributed by atoms with van der Waals surface area (Å²) < 4.78 is 13.0. The molecule has 14 rings (SSSR count). The molecule has 4 aromatic heterocycles. The normalized spacial score (nSPS) is 11.7. The molecule has 0 aliphatic heterocycles. The van der Waals surface area contributed by atoms with Crippen LogP contribution in [0.2, 0.25) is 0 Å². The summed E-state index contributed by atoms with van der Waals surface area (Å²) in [5.41, 5.74) is 15.5. The third-order valence-electron chi connectivity index (χ3n) is 13.5. The Morgan fingerprint density at radius 3 is 1.50 bits per heavy atom. The molecule has 0 atom stereocenters. The number of furan rings is 2. The predicted molar refractivity (Wildman–Crippen MR) is 285 cm³/mol. The molecule has 6 heteroatoms. The lowest BCUT2D eigenvalue weighted by molar-refractivity contribution is 0.669. The number of para-hydroxylation sites is 4. The minimum atomic E-state index is 0.596. The molecule has 6 nitrogen and oxygen atoms in total. The SMILES string of the molecule is c1ccc(-c2nc(-c3ccc(-c4cccc(-c5nc6ccccc6c6c(-c7ccccc7)c7c(cc56)oc5ccccc57)c4)cc3)nc(-c3ccc(-c4cccc5c4oc4ccccc45)cc3)n2)cc1. The molecule has 0 saturated heterocycles. The lowest BCUT2D eigenvalue weighted by Gasteiger charge is -2.16. The van der Waals surface area contributed by atoms with E-state index in [1.54, 1.807) is 0 Å². The maximum atomic E-state index is 6.63. The Kier molecular flexibility index (Phi) is 9.10. The first-order valence-electron chi connectivity index (χ1n) is 23.4. The first-order valence-corrected chi connectivity index (χ1v) is 23.4. The second-order valence-corrected chi connectivity index (χ2v) is 17.7. The fraction of sp³-hybridized carbons (Fsp3) is 0. The monoisotopic (exact) mass is 894 g/mol. The Hall–Kier alpha value is -9.52. The summed E-state index contributed by atoms with van der Waals surface area (Å²) in [7, 11) is 0. The van der Waals surface area contributed by atoms with Gasteiger partial charge in [0, 0.05) is 71.1 Å². The summed E-state index contributed by atoms with van der Waals surface area (Å²) in [6.45, 7) is 0. The fourth-order valence-electron chi connectivity index (χ4n) is 10.2. The number of benzene rings is 10. The van der Waals surface area contributed by atoms with Crippen molar-refractivity contribution in [1.29, 1.82) is 0 Å². The van der Waals surface area contributed by atoms with Gasteiger partial charge in [-0.15, -0.1) is 0 Å². The van der Waals surface area contributed by atoms with Crippen molar-refractivity contribution >= 4 is 65.6 Å². The highest BCUT2D eigenvalue weighted by molar-refractivity contribution is 6.27. The van der Waals surface area contributed by atoms with E-state index >= 15 is 0 Å². The Morgan fingerprint density at radius 2 is 0.786 bits per heavy atom. The molecule has 0 aliphatic rings. The van der Waals surface area contributed by atoms with Crippen LogP contribution in [0.15, 0.2) is 239 Å². The van der Waals surface area contributed by atoms with Crippen molar-refractivity contribution in [2.45, 2.75) is 0 Å². The van der Waals surface area contributed by atoms with Gasteiger partial charge in [0.05, 0.1) is 11.2 Å². The van der Waals surface area contributed by atoms with Crippen LogP contribution in [-0.2, 0) is 0 Å². The van der Waals surface area contributed by atoms with E-state index < -0.39 is 0 Å². The van der Waals surface area contributed by atoms with Crippen LogP contribution in [0.5, 0.6) is 0 Å². The molecular formula is C64H38N4O2. The van der Waals surface area contributed by atoms with Crippen molar-refractivity contribution in [3.05, 3.63) is 231 Å². The van der Waals surface area contributed by atoms with E-state index in [1.807, 2.05) is 60.7 Å². The van der Waals surface area contributed by atoms with Gasteiger partial charge in [0.1, 0.15) is 22.3 Å². The average Bonchev–Trinajstić information content (AvgIpc) is 4.01. The lowest BCUT2D eigenvalue weighted by atomic mass is 9.89. The molecule has 0 spiro atoms. The van der Waals surface area contributed by atoms with Crippen LogP contribution in [0.25, 0.3) is 144 Å². The van der Waals surface area contributed by atoms with Gasteiger partial charge in [0.15, 0.2) is 17.5 Å². The number of nitrogens with zero attached hydrogens (tertiary/aromatic N) is 4. The van der Waals surface area contributed by atoms with Crippen LogP contribution in [0.4, 0.5) is 0 Å². The third-order valence-corrected chi connectivity index (χ3v) is 13.5. The Bertz CT molecular complexity index is 4330. The molecule has 4 heterocycles. The van der Waals surface area contributed by atoms with Gasteiger partial charge >= 0.3 is 0 Å². The van der Waals surface area contributed by atoms with Gasteiger partial charge in [-0.1, -0.05) is 200 Å². The van der Waals surface area contributed by atoms with E-state index in [1.165, 1.54) is 0 Å². The molecule has 10 aromatic carbocycles. The number of aromatic nitrogens is 4. The van der Waals surface area contributed by atoms with Gasteiger partial charge in [-0.25, -0.2) is 19.9 Å². The number of hydrogen-bond donors (Lipinski definition) is 0. The molecule has 326 valence electrons. The minimum Gasteiger partial charge on any atom is -0.456 e. The fourth-order valence-corrected chi connectivity index (χ4v) is 10.2. The van der Waals surface area contributed by atoms with Crippen LogP contribution in [0.1, 0.15) is 0 Å². The maximum Gasteiger partial charge on any atom is 0.164 e. The van der Waals surface area contributed by atoms with Crippen LogP contribution in [0.3, 0.4) is 0 Å².